The monoisotopic (exact) mass is 347 g/mol. The Balaban J connectivity index is 1.62. The first-order valence-electron chi connectivity index (χ1n) is 8.05. The van der Waals surface area contributed by atoms with Gasteiger partial charge in [0, 0.05) is 13.2 Å². The van der Waals surface area contributed by atoms with Crippen LogP contribution in [-0.4, -0.2) is 50.6 Å². The molecule has 0 saturated carbocycles. The molecule has 1 saturated heterocycles. The van der Waals surface area contributed by atoms with Gasteiger partial charge in [-0.2, -0.15) is 4.68 Å². The molecule has 8 heteroatoms. The molecule has 1 aliphatic heterocycles. The Bertz CT molecular complexity index is 699. The van der Waals surface area contributed by atoms with Crippen molar-refractivity contribution in [3.63, 3.8) is 0 Å². The van der Waals surface area contributed by atoms with Gasteiger partial charge in [-0.25, -0.2) is 0 Å². The number of carbonyl (C=O) groups excluding carboxylic acids is 1. The highest BCUT2D eigenvalue weighted by molar-refractivity contribution is 8.00. The summed E-state index contributed by atoms with van der Waals surface area (Å²) in [6.07, 6.45) is 2.21. The number of rotatable bonds is 6. The summed E-state index contributed by atoms with van der Waals surface area (Å²) in [7, 11) is 0. The maximum Gasteiger partial charge on any atom is 0.233 e. The molecule has 24 heavy (non-hydrogen) atoms. The quantitative estimate of drug-likeness (QED) is 0.802. The van der Waals surface area contributed by atoms with Crippen LogP contribution >= 0.6 is 11.8 Å². The minimum Gasteiger partial charge on any atom is -0.376 e. The number of thioether (sulfide) groups is 1. The number of carbonyl (C=O) groups is 1. The number of aromatic nitrogens is 4. The number of para-hydroxylation sites is 1. The molecule has 0 aliphatic carbocycles. The van der Waals surface area contributed by atoms with Crippen LogP contribution in [0.25, 0.3) is 5.69 Å². The van der Waals surface area contributed by atoms with E-state index in [4.69, 9.17) is 4.74 Å². The van der Waals surface area contributed by atoms with E-state index in [0.29, 0.717) is 11.7 Å². The van der Waals surface area contributed by atoms with Crippen molar-refractivity contribution in [1.82, 2.24) is 25.5 Å². The Morgan fingerprint density at radius 3 is 3.08 bits per heavy atom. The molecule has 1 N–H and O–H groups in total. The second-order valence-corrected chi connectivity index (χ2v) is 7.11. The number of benzene rings is 1. The Labute approximate surface area is 145 Å². The summed E-state index contributed by atoms with van der Waals surface area (Å²) in [5.74, 6) is -0.0326. The first-order valence-corrected chi connectivity index (χ1v) is 8.93. The van der Waals surface area contributed by atoms with Gasteiger partial charge in [0.1, 0.15) is 0 Å². The number of aryl methyl sites for hydroxylation is 1. The van der Waals surface area contributed by atoms with Crippen molar-refractivity contribution in [3.05, 3.63) is 29.8 Å². The van der Waals surface area contributed by atoms with Gasteiger partial charge in [-0.1, -0.05) is 30.0 Å². The Hall–Kier alpha value is -1.93. The standard InChI is InChI=1S/C16H21N5O2S/c1-11-6-3-4-8-14(11)21-16(18-19-20-21)24-12(2)15(22)17-10-13-7-5-9-23-13/h3-4,6,8,12-13H,5,7,9-10H2,1-2H3,(H,17,22)/t12-,13-/m0/s1. The van der Waals surface area contributed by atoms with E-state index in [2.05, 4.69) is 20.8 Å². The van der Waals surface area contributed by atoms with E-state index in [9.17, 15) is 4.79 Å². The molecular formula is C16H21N5O2S. The maximum atomic E-state index is 12.3. The predicted octanol–water partition coefficient (Wildman–Crippen LogP) is 1.75. The van der Waals surface area contributed by atoms with Crippen LogP contribution in [-0.2, 0) is 9.53 Å². The highest BCUT2D eigenvalue weighted by Crippen LogP contribution is 2.24. The largest absolute Gasteiger partial charge is 0.376 e. The number of tetrazole rings is 1. The van der Waals surface area contributed by atoms with E-state index in [0.717, 1.165) is 30.7 Å². The maximum absolute atomic E-state index is 12.3. The van der Waals surface area contributed by atoms with E-state index >= 15 is 0 Å². The van der Waals surface area contributed by atoms with Crippen molar-refractivity contribution in [2.45, 2.75) is 43.2 Å². The summed E-state index contributed by atoms with van der Waals surface area (Å²) >= 11 is 1.34. The predicted molar refractivity (Wildman–Crippen MR) is 91.2 cm³/mol. The molecule has 0 bridgehead atoms. The van der Waals surface area contributed by atoms with Crippen molar-refractivity contribution in [2.24, 2.45) is 0 Å². The lowest BCUT2D eigenvalue weighted by atomic mass is 10.2. The third-order valence-corrected chi connectivity index (χ3v) is 5.00. The first-order chi connectivity index (χ1) is 11.6. The third-order valence-electron chi connectivity index (χ3n) is 3.96. The van der Waals surface area contributed by atoms with Gasteiger partial charge in [0.2, 0.25) is 11.1 Å². The van der Waals surface area contributed by atoms with Gasteiger partial charge in [-0.05, 0) is 48.7 Å². The Morgan fingerprint density at radius 1 is 1.50 bits per heavy atom. The zero-order valence-corrected chi connectivity index (χ0v) is 14.6. The lowest BCUT2D eigenvalue weighted by Crippen LogP contribution is -2.36. The Kier molecular flexibility index (Phi) is 5.47. The average Bonchev–Trinajstić information content (AvgIpc) is 3.25. The average molecular weight is 347 g/mol. The SMILES string of the molecule is Cc1ccccc1-n1nnnc1S[C@@H](C)C(=O)NC[C@@H]1CCCO1. The molecule has 7 nitrogen and oxygen atoms in total. The molecule has 0 unspecified atom stereocenters. The fourth-order valence-electron chi connectivity index (χ4n) is 2.58. The van der Waals surface area contributed by atoms with Crippen molar-refractivity contribution in [2.75, 3.05) is 13.2 Å². The fourth-order valence-corrected chi connectivity index (χ4v) is 3.40. The van der Waals surface area contributed by atoms with E-state index in [1.165, 1.54) is 11.8 Å². The molecule has 1 aliphatic rings. The molecule has 2 heterocycles. The number of nitrogens with one attached hydrogen (secondary N) is 1. The number of ether oxygens (including phenoxy) is 1. The number of nitrogens with zero attached hydrogens (tertiary/aromatic N) is 4. The number of hydrogen-bond acceptors (Lipinski definition) is 6. The highest BCUT2D eigenvalue weighted by atomic mass is 32.2. The number of hydrogen-bond donors (Lipinski definition) is 1. The van der Waals surface area contributed by atoms with Crippen LogP contribution in [0.15, 0.2) is 29.4 Å². The van der Waals surface area contributed by atoms with Crippen molar-refractivity contribution in [1.29, 1.82) is 0 Å². The minimum absolute atomic E-state index is 0.0326. The van der Waals surface area contributed by atoms with Crippen LogP contribution in [0.3, 0.4) is 0 Å². The lowest BCUT2D eigenvalue weighted by Gasteiger charge is -2.14. The van der Waals surface area contributed by atoms with Crippen LogP contribution in [0.4, 0.5) is 0 Å². The van der Waals surface area contributed by atoms with Crippen LogP contribution in [0, 0.1) is 6.92 Å². The van der Waals surface area contributed by atoms with Gasteiger partial charge in [-0.3, -0.25) is 4.79 Å². The summed E-state index contributed by atoms with van der Waals surface area (Å²) in [6, 6.07) is 7.87. The van der Waals surface area contributed by atoms with Crippen LogP contribution < -0.4 is 5.32 Å². The van der Waals surface area contributed by atoms with Crippen LogP contribution in [0.2, 0.25) is 0 Å². The molecule has 128 valence electrons. The first kappa shape index (κ1) is 16.9. The van der Waals surface area contributed by atoms with E-state index in [1.54, 1.807) is 4.68 Å². The molecule has 0 spiro atoms. The lowest BCUT2D eigenvalue weighted by molar-refractivity contribution is -0.120. The molecular weight excluding hydrogens is 326 g/mol. The van der Waals surface area contributed by atoms with Gasteiger partial charge in [0.05, 0.1) is 17.0 Å². The van der Waals surface area contributed by atoms with E-state index < -0.39 is 0 Å². The Morgan fingerprint density at radius 2 is 2.33 bits per heavy atom. The van der Waals surface area contributed by atoms with Gasteiger partial charge in [0.15, 0.2) is 0 Å². The van der Waals surface area contributed by atoms with Crippen molar-refractivity contribution in [3.8, 4) is 5.69 Å². The molecule has 3 rings (SSSR count). The van der Waals surface area contributed by atoms with E-state index in [-0.39, 0.29) is 17.3 Å². The van der Waals surface area contributed by atoms with Crippen LogP contribution in [0.5, 0.6) is 0 Å². The summed E-state index contributed by atoms with van der Waals surface area (Å²) in [5, 5.41) is 15.1. The highest BCUT2D eigenvalue weighted by Gasteiger charge is 2.22. The summed E-state index contributed by atoms with van der Waals surface area (Å²) in [6.45, 7) is 5.21. The van der Waals surface area contributed by atoms with Gasteiger partial charge in [-0.15, -0.1) is 5.10 Å². The summed E-state index contributed by atoms with van der Waals surface area (Å²) in [4.78, 5) is 12.3. The van der Waals surface area contributed by atoms with Gasteiger partial charge in [0.25, 0.3) is 0 Å². The zero-order valence-electron chi connectivity index (χ0n) is 13.8. The molecule has 1 fully saturated rings. The molecule has 1 amide bonds. The third kappa shape index (κ3) is 3.93. The van der Waals surface area contributed by atoms with E-state index in [1.807, 2.05) is 38.1 Å². The smallest absolute Gasteiger partial charge is 0.233 e. The van der Waals surface area contributed by atoms with Crippen molar-refractivity contribution < 1.29 is 9.53 Å². The second kappa shape index (κ2) is 7.76. The fraction of sp³-hybridized carbons (Fsp3) is 0.500. The topological polar surface area (TPSA) is 81.9 Å². The van der Waals surface area contributed by atoms with Crippen molar-refractivity contribution >= 4 is 17.7 Å². The zero-order chi connectivity index (χ0) is 16.9. The molecule has 1 aromatic carbocycles. The molecule has 0 radical (unpaired) electrons. The number of amides is 1. The molecule has 2 aromatic rings. The second-order valence-electron chi connectivity index (χ2n) is 5.80. The summed E-state index contributed by atoms with van der Waals surface area (Å²) < 4.78 is 7.19. The molecule has 2 atom stereocenters. The van der Waals surface area contributed by atoms with Gasteiger partial charge >= 0.3 is 0 Å². The summed E-state index contributed by atoms with van der Waals surface area (Å²) in [5.41, 5.74) is 1.99. The minimum atomic E-state index is -0.292. The normalized spacial score (nSPS) is 18.5. The van der Waals surface area contributed by atoms with Gasteiger partial charge < -0.3 is 10.1 Å². The molecule has 1 aromatic heterocycles. The van der Waals surface area contributed by atoms with Crippen LogP contribution in [0.1, 0.15) is 25.3 Å².